The van der Waals surface area contributed by atoms with Crippen LogP contribution in [0.25, 0.3) is 10.9 Å². The van der Waals surface area contributed by atoms with E-state index in [1.807, 2.05) is 30.3 Å². The highest BCUT2D eigenvalue weighted by atomic mass is 32.2. The molecule has 4 aromatic rings. The molecule has 29 heavy (non-hydrogen) atoms. The van der Waals surface area contributed by atoms with Gasteiger partial charge in [0, 0.05) is 35.2 Å². The van der Waals surface area contributed by atoms with E-state index in [0.717, 1.165) is 27.7 Å². The first kappa shape index (κ1) is 19.0. The third-order valence-electron chi connectivity index (χ3n) is 4.78. The van der Waals surface area contributed by atoms with Crippen molar-refractivity contribution in [1.82, 2.24) is 8.96 Å². The molecule has 2 N–H and O–H groups in total. The summed E-state index contributed by atoms with van der Waals surface area (Å²) in [5.74, 6) is -0.358. The smallest absolute Gasteiger partial charge is 0.267 e. The lowest BCUT2D eigenvalue weighted by Crippen LogP contribution is -2.13. The normalized spacial score (nSPS) is 11.6. The van der Waals surface area contributed by atoms with Gasteiger partial charge < -0.3 is 10.3 Å². The largest absolute Gasteiger partial charge is 0.361 e. The molecule has 0 atom stereocenters. The second-order valence-electron chi connectivity index (χ2n) is 6.86. The van der Waals surface area contributed by atoms with E-state index in [9.17, 15) is 13.2 Å². The van der Waals surface area contributed by atoms with Crippen LogP contribution in [-0.2, 0) is 16.4 Å². The van der Waals surface area contributed by atoms with Crippen molar-refractivity contribution in [3.8, 4) is 0 Å². The van der Waals surface area contributed by atoms with Crippen molar-refractivity contribution >= 4 is 32.5 Å². The molecule has 0 saturated heterocycles. The number of hydrogen-bond donors (Lipinski definition) is 2. The Hall–Kier alpha value is -3.32. The van der Waals surface area contributed by atoms with Crippen LogP contribution < -0.4 is 5.32 Å². The van der Waals surface area contributed by atoms with E-state index in [2.05, 4.69) is 17.2 Å². The van der Waals surface area contributed by atoms with Gasteiger partial charge in [0.25, 0.3) is 15.9 Å². The molecule has 2 aromatic carbocycles. The number of nitrogens with zero attached hydrogens (tertiary/aromatic N) is 1. The fourth-order valence-electron chi connectivity index (χ4n) is 3.22. The van der Waals surface area contributed by atoms with Gasteiger partial charge in [0.2, 0.25) is 0 Å². The molecular weight excluding hydrogens is 386 g/mol. The Balaban J connectivity index is 1.54. The summed E-state index contributed by atoms with van der Waals surface area (Å²) in [6.45, 7) is 2.12. The maximum absolute atomic E-state index is 12.9. The molecule has 1 amide bonds. The lowest BCUT2D eigenvalue weighted by atomic mass is 10.1. The minimum Gasteiger partial charge on any atom is -0.361 e. The quantitative estimate of drug-likeness (QED) is 0.496. The molecule has 6 nitrogen and oxygen atoms in total. The fraction of sp³-hybridized carbons (Fsp3) is 0.136. The van der Waals surface area contributed by atoms with Crippen LogP contribution in [0, 0.1) is 0 Å². The van der Waals surface area contributed by atoms with Crippen molar-refractivity contribution < 1.29 is 13.2 Å². The Kier molecular flexibility index (Phi) is 4.98. The van der Waals surface area contributed by atoms with E-state index in [1.165, 1.54) is 24.0 Å². The van der Waals surface area contributed by atoms with Gasteiger partial charge in [0.05, 0.1) is 10.5 Å². The van der Waals surface area contributed by atoms with Gasteiger partial charge in [-0.1, -0.05) is 25.5 Å². The first-order valence-corrected chi connectivity index (χ1v) is 10.8. The van der Waals surface area contributed by atoms with Crippen molar-refractivity contribution in [1.29, 1.82) is 0 Å². The first-order chi connectivity index (χ1) is 14.0. The molecule has 0 radical (unpaired) electrons. The van der Waals surface area contributed by atoms with E-state index >= 15 is 0 Å². The van der Waals surface area contributed by atoms with Crippen LogP contribution in [0.15, 0.2) is 78.1 Å². The standard InChI is InChI=1S/C22H21N3O3S/c1-2-3-16-4-6-19(7-5-16)24-22(26)18-11-13-25(15-18)29(27,28)20-8-9-21-17(14-20)10-12-23-21/h4-15,23H,2-3H2,1H3,(H,24,26). The third kappa shape index (κ3) is 3.82. The topological polar surface area (TPSA) is 84.0 Å². The number of fused-ring (bicyclic) bond motifs is 1. The summed E-state index contributed by atoms with van der Waals surface area (Å²) in [6.07, 6.45) is 6.52. The molecule has 2 aromatic heterocycles. The Labute approximate surface area is 169 Å². The summed E-state index contributed by atoms with van der Waals surface area (Å²) in [5, 5.41) is 3.61. The van der Waals surface area contributed by atoms with Gasteiger partial charge in [-0.15, -0.1) is 0 Å². The maximum Gasteiger partial charge on any atom is 0.267 e. The van der Waals surface area contributed by atoms with Crippen molar-refractivity contribution in [2.75, 3.05) is 5.32 Å². The van der Waals surface area contributed by atoms with Crippen molar-refractivity contribution in [2.24, 2.45) is 0 Å². The SMILES string of the molecule is CCCc1ccc(NC(=O)c2ccn(S(=O)(=O)c3ccc4[nH]ccc4c3)c2)cc1. The minimum absolute atomic E-state index is 0.165. The van der Waals surface area contributed by atoms with Crippen LogP contribution in [-0.4, -0.2) is 23.3 Å². The average Bonchev–Trinajstić information content (AvgIpc) is 3.39. The highest BCUT2D eigenvalue weighted by molar-refractivity contribution is 7.90. The number of carbonyl (C=O) groups excluding carboxylic acids is 1. The fourth-order valence-corrected chi connectivity index (χ4v) is 4.45. The monoisotopic (exact) mass is 407 g/mol. The molecule has 148 valence electrons. The van der Waals surface area contributed by atoms with Crippen molar-refractivity contribution in [3.63, 3.8) is 0 Å². The lowest BCUT2D eigenvalue weighted by molar-refractivity contribution is 0.102. The third-order valence-corrected chi connectivity index (χ3v) is 6.41. The molecule has 0 aliphatic heterocycles. The number of H-pyrrole nitrogens is 1. The zero-order valence-electron chi connectivity index (χ0n) is 15.9. The molecule has 0 aliphatic carbocycles. The molecule has 7 heteroatoms. The number of aromatic amines is 1. The van der Waals surface area contributed by atoms with Crippen LogP contribution in [0.5, 0.6) is 0 Å². The van der Waals surface area contributed by atoms with Gasteiger partial charge in [0.15, 0.2) is 0 Å². The number of carbonyl (C=O) groups is 1. The van der Waals surface area contributed by atoms with E-state index in [-0.39, 0.29) is 16.4 Å². The number of hydrogen-bond acceptors (Lipinski definition) is 3. The highest BCUT2D eigenvalue weighted by Crippen LogP contribution is 2.21. The molecule has 0 saturated carbocycles. The van der Waals surface area contributed by atoms with Crippen LogP contribution in [0.4, 0.5) is 5.69 Å². The second kappa shape index (κ2) is 7.60. The van der Waals surface area contributed by atoms with E-state index in [1.54, 1.807) is 24.4 Å². The van der Waals surface area contributed by atoms with Gasteiger partial charge in [-0.25, -0.2) is 12.4 Å². The summed E-state index contributed by atoms with van der Waals surface area (Å²) in [7, 11) is -3.78. The van der Waals surface area contributed by atoms with E-state index in [4.69, 9.17) is 0 Å². The summed E-state index contributed by atoms with van der Waals surface area (Å²) in [5.41, 5.74) is 3.01. The summed E-state index contributed by atoms with van der Waals surface area (Å²) in [6, 6.07) is 15.8. The van der Waals surface area contributed by atoms with Gasteiger partial charge in [-0.05, 0) is 54.4 Å². The summed E-state index contributed by atoms with van der Waals surface area (Å²) in [4.78, 5) is 15.7. The van der Waals surface area contributed by atoms with Crippen LogP contribution in [0.3, 0.4) is 0 Å². The Morgan fingerprint density at radius 1 is 1.07 bits per heavy atom. The molecular formula is C22H21N3O3S. The van der Waals surface area contributed by atoms with Gasteiger partial charge in [0.1, 0.15) is 0 Å². The second-order valence-corrected chi connectivity index (χ2v) is 8.71. The molecule has 0 fully saturated rings. The summed E-state index contributed by atoms with van der Waals surface area (Å²) >= 11 is 0. The van der Waals surface area contributed by atoms with Gasteiger partial charge >= 0.3 is 0 Å². The van der Waals surface area contributed by atoms with Crippen LogP contribution in [0.1, 0.15) is 29.3 Å². The number of benzene rings is 2. The van der Waals surface area contributed by atoms with Crippen molar-refractivity contribution in [3.05, 3.63) is 84.3 Å². The zero-order chi connectivity index (χ0) is 20.4. The van der Waals surface area contributed by atoms with Gasteiger partial charge in [-0.2, -0.15) is 0 Å². The predicted octanol–water partition coefficient (Wildman–Crippen LogP) is 4.41. The first-order valence-electron chi connectivity index (χ1n) is 9.38. The number of nitrogens with one attached hydrogen (secondary N) is 2. The summed E-state index contributed by atoms with van der Waals surface area (Å²) < 4.78 is 26.9. The molecule has 0 bridgehead atoms. The molecule has 0 spiro atoms. The zero-order valence-corrected chi connectivity index (χ0v) is 16.7. The van der Waals surface area contributed by atoms with Crippen LogP contribution >= 0.6 is 0 Å². The predicted molar refractivity (Wildman–Crippen MR) is 114 cm³/mol. The minimum atomic E-state index is -3.78. The number of anilines is 1. The van der Waals surface area contributed by atoms with E-state index < -0.39 is 10.0 Å². The van der Waals surface area contributed by atoms with Crippen LogP contribution in [0.2, 0.25) is 0 Å². The number of aryl methyl sites for hydroxylation is 1. The van der Waals surface area contributed by atoms with E-state index in [0.29, 0.717) is 5.69 Å². The Bertz CT molecular complexity index is 1270. The Morgan fingerprint density at radius 2 is 1.86 bits per heavy atom. The Morgan fingerprint density at radius 3 is 2.62 bits per heavy atom. The molecule has 0 aliphatic rings. The number of rotatable bonds is 6. The average molecular weight is 407 g/mol. The van der Waals surface area contributed by atoms with Crippen molar-refractivity contribution in [2.45, 2.75) is 24.7 Å². The van der Waals surface area contributed by atoms with Gasteiger partial charge in [-0.3, -0.25) is 4.79 Å². The molecule has 0 unspecified atom stereocenters. The molecule has 2 heterocycles. The number of aromatic nitrogens is 2. The highest BCUT2D eigenvalue weighted by Gasteiger charge is 2.19. The molecule has 4 rings (SSSR count). The number of amides is 1. The lowest BCUT2D eigenvalue weighted by Gasteiger charge is -2.07. The maximum atomic E-state index is 12.9.